The molecule has 2 aromatic carbocycles. The molecule has 1 unspecified atom stereocenters. The summed E-state index contributed by atoms with van der Waals surface area (Å²) in [5.41, 5.74) is 1.34. The second-order valence-corrected chi connectivity index (χ2v) is 7.93. The number of carbonyl (C=O) groups excluding carboxylic acids is 1. The fraction of sp³-hybridized carbons (Fsp3) is 0.348. The number of phenols is 1. The maximum Gasteiger partial charge on any atom is 0.293 e. The van der Waals surface area contributed by atoms with Crippen molar-refractivity contribution in [3.8, 4) is 11.4 Å². The largest absolute Gasteiger partial charge is 0.508 e. The zero-order valence-electron chi connectivity index (χ0n) is 17.4. The normalized spacial score (nSPS) is 15.9. The van der Waals surface area contributed by atoms with Gasteiger partial charge in [0, 0.05) is 31.7 Å². The summed E-state index contributed by atoms with van der Waals surface area (Å²) in [7, 11) is 0. The van der Waals surface area contributed by atoms with Crippen LogP contribution in [0, 0.1) is 0 Å². The first-order chi connectivity index (χ1) is 15.1. The Morgan fingerprint density at radius 1 is 1.26 bits per heavy atom. The van der Waals surface area contributed by atoms with Crippen LogP contribution < -0.4 is 0 Å². The van der Waals surface area contributed by atoms with Crippen molar-refractivity contribution in [1.29, 1.82) is 0 Å². The van der Waals surface area contributed by atoms with Gasteiger partial charge in [0.15, 0.2) is 0 Å². The molecule has 1 atom stereocenters. The first kappa shape index (κ1) is 21.3. The number of carbonyl (C=O) groups is 1. The average Bonchev–Trinajstić information content (AvgIpc) is 3.44. The van der Waals surface area contributed by atoms with E-state index in [2.05, 4.69) is 10.1 Å². The fourth-order valence-corrected chi connectivity index (χ4v) is 3.94. The second-order valence-electron chi connectivity index (χ2n) is 7.52. The van der Waals surface area contributed by atoms with Crippen molar-refractivity contribution < 1.29 is 14.6 Å². The first-order valence-electron chi connectivity index (χ1n) is 10.5. The molecule has 1 fully saturated rings. The summed E-state index contributed by atoms with van der Waals surface area (Å²) in [6.45, 7) is 3.31. The number of aromatic hydroxyl groups is 1. The summed E-state index contributed by atoms with van der Waals surface area (Å²) in [6, 6.07) is 14.3. The van der Waals surface area contributed by atoms with Gasteiger partial charge >= 0.3 is 0 Å². The van der Waals surface area contributed by atoms with Crippen molar-refractivity contribution in [3.05, 3.63) is 70.8 Å². The third-order valence-corrected chi connectivity index (χ3v) is 5.67. The molecule has 0 saturated carbocycles. The van der Waals surface area contributed by atoms with Crippen LogP contribution in [0.5, 0.6) is 5.75 Å². The summed E-state index contributed by atoms with van der Waals surface area (Å²) in [4.78, 5) is 19.6. The highest BCUT2D eigenvalue weighted by Crippen LogP contribution is 2.23. The molecule has 7 nitrogen and oxygen atoms in total. The molecule has 0 radical (unpaired) electrons. The number of amides is 1. The molecular weight excluding hydrogens is 416 g/mol. The van der Waals surface area contributed by atoms with E-state index in [4.69, 9.17) is 16.3 Å². The van der Waals surface area contributed by atoms with Crippen LogP contribution in [-0.4, -0.2) is 49.9 Å². The Hall–Kier alpha value is -2.90. The minimum atomic E-state index is -0.306. The van der Waals surface area contributed by atoms with Crippen molar-refractivity contribution in [3.63, 3.8) is 0 Å². The van der Waals surface area contributed by atoms with Crippen LogP contribution in [0.15, 0.2) is 48.5 Å². The lowest BCUT2D eigenvalue weighted by molar-refractivity contribution is 0.0496. The molecule has 0 aliphatic carbocycles. The third-order valence-electron chi connectivity index (χ3n) is 5.35. The van der Waals surface area contributed by atoms with Crippen molar-refractivity contribution in [2.24, 2.45) is 0 Å². The Labute approximate surface area is 186 Å². The lowest BCUT2D eigenvalue weighted by Gasteiger charge is -2.24. The molecular formula is C23H25ClN4O3. The highest BCUT2D eigenvalue weighted by atomic mass is 35.5. The standard InChI is InChI=1S/C23H25ClN4O3/c1-2-21-25-22(26-28(21)19-11-5-4-10-18(19)24)23(30)27(15-17-9-7-13-31-17)14-16-8-3-6-12-20(16)29/h3-6,8,10-12,17,29H,2,7,9,13-15H2,1H3. The number of para-hydroxylation sites is 2. The Bertz CT molecular complexity index is 1060. The van der Waals surface area contributed by atoms with Crippen molar-refractivity contribution in [2.45, 2.75) is 38.8 Å². The molecule has 1 N–H and O–H groups in total. The molecule has 1 aromatic heterocycles. The highest BCUT2D eigenvalue weighted by molar-refractivity contribution is 6.32. The van der Waals surface area contributed by atoms with E-state index in [1.165, 1.54) is 0 Å². The van der Waals surface area contributed by atoms with Crippen LogP contribution in [0.1, 0.15) is 41.8 Å². The van der Waals surface area contributed by atoms with Gasteiger partial charge in [0.25, 0.3) is 5.91 Å². The quantitative estimate of drug-likeness (QED) is 0.600. The molecule has 162 valence electrons. The molecule has 0 spiro atoms. The van der Waals surface area contributed by atoms with Crippen LogP contribution >= 0.6 is 11.6 Å². The molecule has 3 aromatic rings. The van der Waals surface area contributed by atoms with Crippen molar-refractivity contribution in [2.75, 3.05) is 13.2 Å². The number of aromatic nitrogens is 3. The molecule has 0 bridgehead atoms. The fourth-order valence-electron chi connectivity index (χ4n) is 3.73. The lowest BCUT2D eigenvalue weighted by atomic mass is 10.1. The highest BCUT2D eigenvalue weighted by Gasteiger charge is 2.27. The number of halogens is 1. The van der Waals surface area contributed by atoms with Gasteiger partial charge < -0.3 is 14.7 Å². The van der Waals surface area contributed by atoms with Gasteiger partial charge in [-0.15, -0.1) is 5.10 Å². The van der Waals surface area contributed by atoms with Gasteiger partial charge in [0.1, 0.15) is 11.6 Å². The number of hydrogen-bond donors (Lipinski definition) is 1. The van der Waals surface area contributed by atoms with Crippen LogP contribution in [0.4, 0.5) is 0 Å². The number of ether oxygens (including phenoxy) is 1. The molecule has 1 aliphatic heterocycles. The van der Waals surface area contributed by atoms with E-state index in [1.807, 2.05) is 31.2 Å². The molecule has 1 saturated heterocycles. The number of phenolic OH excluding ortho intramolecular Hbond substituents is 1. The van der Waals surface area contributed by atoms with E-state index < -0.39 is 0 Å². The smallest absolute Gasteiger partial charge is 0.293 e. The van der Waals surface area contributed by atoms with Crippen molar-refractivity contribution in [1.82, 2.24) is 19.7 Å². The zero-order valence-corrected chi connectivity index (χ0v) is 18.1. The predicted octanol–water partition coefficient (Wildman–Crippen LogP) is 4.01. The summed E-state index contributed by atoms with van der Waals surface area (Å²) in [5.74, 6) is 0.594. The monoisotopic (exact) mass is 440 g/mol. The number of aryl methyl sites for hydroxylation is 1. The zero-order chi connectivity index (χ0) is 21.8. The van der Waals surface area contributed by atoms with Gasteiger partial charge in [-0.25, -0.2) is 9.67 Å². The topological polar surface area (TPSA) is 80.5 Å². The number of nitrogens with zero attached hydrogens (tertiary/aromatic N) is 4. The van der Waals surface area contributed by atoms with Gasteiger partial charge in [-0.2, -0.15) is 0 Å². The molecule has 8 heteroatoms. The SMILES string of the molecule is CCc1nc(C(=O)N(Cc2ccccc2O)CC2CCCO2)nn1-c1ccccc1Cl. The van der Waals surface area contributed by atoms with Crippen LogP contribution in [-0.2, 0) is 17.7 Å². The summed E-state index contributed by atoms with van der Waals surface area (Å²) in [5, 5.41) is 15.3. The molecule has 31 heavy (non-hydrogen) atoms. The maximum absolute atomic E-state index is 13.5. The lowest BCUT2D eigenvalue weighted by Crippen LogP contribution is -2.37. The van der Waals surface area contributed by atoms with Gasteiger partial charge in [0.2, 0.25) is 5.82 Å². The van der Waals surface area contributed by atoms with Gasteiger partial charge in [-0.1, -0.05) is 48.9 Å². The van der Waals surface area contributed by atoms with Gasteiger partial charge in [0.05, 0.1) is 16.8 Å². The van der Waals surface area contributed by atoms with E-state index in [9.17, 15) is 9.90 Å². The molecule has 2 heterocycles. The summed E-state index contributed by atoms with van der Waals surface area (Å²) < 4.78 is 7.38. The molecule has 1 aliphatic rings. The van der Waals surface area contributed by atoms with Gasteiger partial charge in [-0.05, 0) is 31.0 Å². The number of hydrogen-bond acceptors (Lipinski definition) is 5. The van der Waals surface area contributed by atoms with E-state index >= 15 is 0 Å². The van der Waals surface area contributed by atoms with E-state index in [0.29, 0.717) is 41.7 Å². The Balaban J connectivity index is 1.66. The average molecular weight is 441 g/mol. The van der Waals surface area contributed by atoms with Gasteiger partial charge in [-0.3, -0.25) is 4.79 Å². The summed E-state index contributed by atoms with van der Waals surface area (Å²) in [6.07, 6.45) is 2.43. The van der Waals surface area contributed by atoms with Crippen LogP contribution in [0.25, 0.3) is 5.69 Å². The second kappa shape index (κ2) is 9.49. The minimum Gasteiger partial charge on any atom is -0.508 e. The van der Waals surface area contributed by atoms with Crippen molar-refractivity contribution >= 4 is 17.5 Å². The minimum absolute atomic E-state index is 0.0360. The molecule has 4 rings (SSSR count). The predicted molar refractivity (Wildman–Crippen MR) is 118 cm³/mol. The Morgan fingerprint density at radius 3 is 2.74 bits per heavy atom. The Kier molecular flexibility index (Phi) is 6.53. The van der Waals surface area contributed by atoms with Crippen LogP contribution in [0.2, 0.25) is 5.02 Å². The van der Waals surface area contributed by atoms with E-state index in [0.717, 1.165) is 12.8 Å². The van der Waals surface area contributed by atoms with E-state index in [-0.39, 0.29) is 30.1 Å². The number of rotatable bonds is 7. The summed E-state index contributed by atoms with van der Waals surface area (Å²) >= 11 is 6.35. The van der Waals surface area contributed by atoms with Crippen LogP contribution in [0.3, 0.4) is 0 Å². The first-order valence-corrected chi connectivity index (χ1v) is 10.8. The molecule has 1 amide bonds. The maximum atomic E-state index is 13.5. The van der Waals surface area contributed by atoms with E-state index in [1.54, 1.807) is 33.8 Å². The third kappa shape index (κ3) is 4.73. The Morgan fingerprint density at radius 2 is 2.03 bits per heavy atom. The number of benzene rings is 2.